The highest BCUT2D eigenvalue weighted by atomic mass is 32.2. The van der Waals surface area contributed by atoms with Crippen molar-refractivity contribution in [3.8, 4) is 0 Å². The largest absolute Gasteiger partial charge is 0.381 e. The van der Waals surface area contributed by atoms with Crippen molar-refractivity contribution in [2.45, 2.75) is 36.0 Å². The zero-order valence-electron chi connectivity index (χ0n) is 17.6. The van der Waals surface area contributed by atoms with Crippen LogP contribution in [0.15, 0.2) is 35.2 Å². The number of aryl methyl sites for hydroxylation is 1. The fourth-order valence-corrected chi connectivity index (χ4v) is 6.19. The second-order valence-corrected chi connectivity index (χ2v) is 10.4. The van der Waals surface area contributed by atoms with Gasteiger partial charge in [-0.05, 0) is 61.1 Å². The van der Waals surface area contributed by atoms with Gasteiger partial charge in [0, 0.05) is 18.8 Å². The van der Waals surface area contributed by atoms with Gasteiger partial charge in [0.15, 0.2) is 11.3 Å². The first-order valence-electron chi connectivity index (χ1n) is 10.6. The Hall–Kier alpha value is -2.53. The van der Waals surface area contributed by atoms with Crippen molar-refractivity contribution >= 4 is 32.2 Å². The third kappa shape index (κ3) is 3.77. The minimum atomic E-state index is -3.90. The highest BCUT2D eigenvalue weighted by molar-refractivity contribution is 7.92. The molecule has 2 aliphatic rings. The molecular weight excluding hydrogens is 435 g/mol. The highest BCUT2D eigenvalue weighted by Gasteiger charge is 2.39. The van der Waals surface area contributed by atoms with Gasteiger partial charge in [-0.2, -0.15) is 5.10 Å². The Morgan fingerprint density at radius 2 is 2.12 bits per heavy atom. The minimum Gasteiger partial charge on any atom is -0.381 e. The molecule has 1 atom stereocenters. The summed E-state index contributed by atoms with van der Waals surface area (Å²) in [6.07, 6.45) is 1.86. The Bertz CT molecular complexity index is 1270. The number of H-pyrrole nitrogens is 1. The van der Waals surface area contributed by atoms with Crippen molar-refractivity contribution in [2.75, 3.05) is 31.7 Å². The van der Waals surface area contributed by atoms with Crippen molar-refractivity contribution in [1.29, 1.82) is 0 Å². The Labute approximate surface area is 185 Å². The summed E-state index contributed by atoms with van der Waals surface area (Å²) in [7, 11) is -3.90. The molecule has 32 heavy (non-hydrogen) atoms. The fourth-order valence-electron chi connectivity index (χ4n) is 4.19. The smallest absolute Gasteiger partial charge is 0.207 e. The van der Waals surface area contributed by atoms with Crippen LogP contribution in [0.1, 0.15) is 29.9 Å². The number of benzene rings is 2. The molecule has 3 aromatic rings. The summed E-state index contributed by atoms with van der Waals surface area (Å²) >= 11 is 0. The number of sulfone groups is 1. The molecule has 170 valence electrons. The molecule has 5 rings (SSSR count). The maximum atomic E-state index is 13.9. The quantitative estimate of drug-likeness (QED) is 0.519. The molecule has 0 radical (unpaired) electrons. The molecule has 2 fully saturated rings. The lowest BCUT2D eigenvalue weighted by molar-refractivity contribution is -0.0214. The number of aliphatic hydroxyl groups excluding tert-OH is 1. The number of aromatic amines is 1. The lowest BCUT2D eigenvalue weighted by Gasteiger charge is -2.31. The monoisotopic (exact) mass is 460 g/mol. The number of morpholine rings is 1. The van der Waals surface area contributed by atoms with E-state index in [1.165, 1.54) is 6.07 Å². The zero-order valence-corrected chi connectivity index (χ0v) is 18.5. The molecule has 8 nitrogen and oxygen atoms in total. The minimum absolute atomic E-state index is 0.0943. The summed E-state index contributed by atoms with van der Waals surface area (Å²) in [4.78, 5) is 1.87. The van der Waals surface area contributed by atoms with Gasteiger partial charge in [0.05, 0.1) is 29.1 Å². The molecule has 1 saturated carbocycles. The number of halogens is 1. The molecule has 2 aromatic carbocycles. The van der Waals surface area contributed by atoms with Crippen LogP contribution < -0.4 is 5.32 Å². The van der Waals surface area contributed by atoms with Gasteiger partial charge in [-0.1, -0.05) is 6.07 Å². The average molecular weight is 461 g/mol. The first kappa shape index (κ1) is 21.3. The second-order valence-electron chi connectivity index (χ2n) is 8.41. The summed E-state index contributed by atoms with van der Waals surface area (Å²) in [6, 6.07) is 8.30. The molecule has 10 heteroatoms. The van der Waals surface area contributed by atoms with Gasteiger partial charge < -0.3 is 15.2 Å². The molecule has 0 amide bonds. The van der Waals surface area contributed by atoms with Crippen LogP contribution in [0.5, 0.6) is 0 Å². The van der Waals surface area contributed by atoms with E-state index in [0.29, 0.717) is 34.5 Å². The van der Waals surface area contributed by atoms with Gasteiger partial charge in [0.25, 0.3) is 0 Å². The number of fused-ring (bicyclic) bond motifs is 1. The molecule has 2 heterocycles. The second kappa shape index (κ2) is 8.11. The number of ether oxygens (including phenoxy) is 1. The van der Waals surface area contributed by atoms with Crippen LogP contribution >= 0.6 is 0 Å². The van der Waals surface area contributed by atoms with E-state index in [4.69, 9.17) is 4.74 Å². The summed E-state index contributed by atoms with van der Waals surface area (Å²) in [5, 5.41) is 20.4. The van der Waals surface area contributed by atoms with E-state index >= 15 is 0 Å². The van der Waals surface area contributed by atoms with E-state index in [-0.39, 0.29) is 36.5 Å². The van der Waals surface area contributed by atoms with E-state index in [1.54, 1.807) is 24.0 Å². The van der Waals surface area contributed by atoms with E-state index in [2.05, 4.69) is 15.5 Å². The first-order valence-corrected chi connectivity index (χ1v) is 12.2. The molecule has 1 aromatic heterocycles. The van der Waals surface area contributed by atoms with Crippen LogP contribution in [-0.4, -0.2) is 60.5 Å². The normalized spacial score (nSPS) is 20.0. The molecule has 0 bridgehead atoms. The van der Waals surface area contributed by atoms with Crippen LogP contribution in [0.2, 0.25) is 0 Å². The van der Waals surface area contributed by atoms with E-state index < -0.39 is 15.3 Å². The van der Waals surface area contributed by atoms with E-state index in [0.717, 1.165) is 18.4 Å². The predicted molar refractivity (Wildman–Crippen MR) is 118 cm³/mol. The van der Waals surface area contributed by atoms with Gasteiger partial charge in [0.1, 0.15) is 5.82 Å². The summed E-state index contributed by atoms with van der Waals surface area (Å²) in [6.45, 7) is 2.24. The lowest BCUT2D eigenvalue weighted by atomic mass is 10.1. The van der Waals surface area contributed by atoms with Gasteiger partial charge in [-0.25, -0.2) is 12.8 Å². The van der Waals surface area contributed by atoms with Gasteiger partial charge in [-0.15, -0.1) is 0 Å². The van der Waals surface area contributed by atoms with Crippen molar-refractivity contribution in [3.63, 3.8) is 0 Å². The van der Waals surface area contributed by atoms with Crippen molar-refractivity contribution in [3.05, 3.63) is 47.3 Å². The van der Waals surface area contributed by atoms with Gasteiger partial charge >= 0.3 is 0 Å². The maximum absolute atomic E-state index is 13.9. The fraction of sp³-hybridized carbons (Fsp3) is 0.409. The first-order chi connectivity index (χ1) is 15.4. The predicted octanol–water partition coefficient (Wildman–Crippen LogP) is 3.01. The Morgan fingerprint density at radius 1 is 1.31 bits per heavy atom. The molecule has 3 N–H and O–H groups in total. The van der Waals surface area contributed by atoms with E-state index in [9.17, 15) is 17.9 Å². The summed E-state index contributed by atoms with van der Waals surface area (Å²) in [5.74, 6) is 0.226. The topological polar surface area (TPSA) is 108 Å². The number of hydrogen-bond acceptors (Lipinski definition) is 7. The number of anilines is 2. The molecular formula is C22H25FN4O4S. The lowest BCUT2D eigenvalue weighted by Crippen LogP contribution is -2.46. The molecule has 1 saturated heterocycles. The van der Waals surface area contributed by atoms with Gasteiger partial charge in [0.2, 0.25) is 9.84 Å². The van der Waals surface area contributed by atoms with Crippen LogP contribution in [0.4, 0.5) is 15.9 Å². The SMILES string of the molecule is Cc1cc(Nc2n[nH]c3ccc(C4CC4)c(S(=O)(=O)C4CN(CO)CCO4)c23)ccc1F. The molecule has 1 aliphatic heterocycles. The van der Waals surface area contributed by atoms with Gasteiger partial charge in [-0.3, -0.25) is 10.00 Å². The van der Waals surface area contributed by atoms with Crippen LogP contribution in [0, 0.1) is 12.7 Å². The third-order valence-corrected chi connectivity index (χ3v) is 8.09. The zero-order chi connectivity index (χ0) is 22.5. The summed E-state index contributed by atoms with van der Waals surface area (Å²) in [5.41, 5.74) is 1.35. The molecule has 1 unspecified atom stereocenters. The number of hydrogen-bond donors (Lipinski definition) is 3. The van der Waals surface area contributed by atoms with E-state index in [1.807, 2.05) is 12.1 Å². The number of rotatable bonds is 6. The van der Waals surface area contributed by atoms with Crippen molar-refractivity contribution in [1.82, 2.24) is 15.1 Å². The van der Waals surface area contributed by atoms with Crippen LogP contribution in [0.25, 0.3) is 10.9 Å². The standard InChI is InChI=1S/C22H25FN4O4S/c1-13-10-15(4-6-17(13)23)24-22-20-18(25-26-22)7-5-16(14-2-3-14)21(20)32(29,30)19-11-27(12-28)8-9-31-19/h4-7,10,14,19,28H,2-3,8-9,11-12H2,1H3,(H2,24,25,26). The Morgan fingerprint density at radius 3 is 2.84 bits per heavy atom. The number of aliphatic hydroxyl groups is 1. The Balaban J connectivity index is 1.64. The maximum Gasteiger partial charge on any atom is 0.207 e. The number of nitrogens with one attached hydrogen (secondary N) is 2. The third-order valence-electron chi connectivity index (χ3n) is 6.10. The average Bonchev–Trinajstić information content (AvgIpc) is 3.57. The van der Waals surface area contributed by atoms with Crippen molar-refractivity contribution in [2.24, 2.45) is 0 Å². The highest BCUT2D eigenvalue weighted by Crippen LogP contribution is 2.47. The number of aromatic nitrogens is 2. The molecule has 1 aliphatic carbocycles. The van der Waals surface area contributed by atoms with Crippen molar-refractivity contribution < 1.29 is 22.7 Å². The number of nitrogens with zero attached hydrogens (tertiary/aromatic N) is 2. The Kier molecular flexibility index (Phi) is 5.40. The molecule has 0 spiro atoms. The summed E-state index contributed by atoms with van der Waals surface area (Å²) < 4.78 is 47.1. The van der Waals surface area contributed by atoms with Crippen LogP contribution in [-0.2, 0) is 14.6 Å². The van der Waals surface area contributed by atoms with Crippen LogP contribution in [0.3, 0.4) is 0 Å².